The van der Waals surface area contributed by atoms with E-state index in [0.717, 1.165) is 49.3 Å². The molecular weight excluding hydrogens is 432 g/mol. The van der Waals surface area contributed by atoms with E-state index in [-0.39, 0.29) is 16.3 Å². The van der Waals surface area contributed by atoms with Gasteiger partial charge in [-0.1, -0.05) is 23.7 Å². The van der Waals surface area contributed by atoms with Gasteiger partial charge in [0.1, 0.15) is 0 Å². The van der Waals surface area contributed by atoms with Gasteiger partial charge in [-0.15, -0.1) is 10.2 Å². The van der Waals surface area contributed by atoms with Crippen LogP contribution >= 0.6 is 11.6 Å². The third-order valence-electron chi connectivity index (χ3n) is 5.32. The highest BCUT2D eigenvalue weighted by Crippen LogP contribution is 2.25. The van der Waals surface area contributed by atoms with Gasteiger partial charge in [-0.2, -0.15) is 0 Å². The molecule has 0 radical (unpaired) electrons. The SMILES string of the molecule is CN1CCN(c2ccc(-c3ccc(NC(=O)c4ccc([N+](=O)[O-])cc4Cl)cc3)nn2)CC1. The molecular formula is C22H21ClN6O3. The van der Waals surface area contributed by atoms with Crippen LogP contribution in [0.4, 0.5) is 17.2 Å². The molecule has 2 aromatic carbocycles. The monoisotopic (exact) mass is 452 g/mol. The smallest absolute Gasteiger partial charge is 0.270 e. The summed E-state index contributed by atoms with van der Waals surface area (Å²) in [6.45, 7) is 3.86. The molecule has 0 unspecified atom stereocenters. The molecule has 1 aliphatic heterocycles. The molecule has 3 aromatic rings. The molecule has 1 aliphatic rings. The van der Waals surface area contributed by atoms with Gasteiger partial charge in [0.05, 0.1) is 21.2 Å². The number of hydrogen-bond donors (Lipinski definition) is 1. The summed E-state index contributed by atoms with van der Waals surface area (Å²) < 4.78 is 0. The van der Waals surface area contributed by atoms with E-state index < -0.39 is 10.8 Å². The van der Waals surface area contributed by atoms with Crippen molar-refractivity contribution in [1.82, 2.24) is 15.1 Å². The van der Waals surface area contributed by atoms with Gasteiger partial charge in [-0.25, -0.2) is 0 Å². The zero-order valence-corrected chi connectivity index (χ0v) is 18.1. The quantitative estimate of drug-likeness (QED) is 0.464. The Balaban J connectivity index is 1.42. The third kappa shape index (κ3) is 4.84. The van der Waals surface area contributed by atoms with Crippen molar-refractivity contribution in [2.75, 3.05) is 43.4 Å². The van der Waals surface area contributed by atoms with E-state index in [0.29, 0.717) is 5.69 Å². The molecule has 9 nitrogen and oxygen atoms in total. The Morgan fingerprint density at radius 3 is 2.34 bits per heavy atom. The molecule has 0 spiro atoms. The largest absolute Gasteiger partial charge is 0.353 e. The van der Waals surface area contributed by atoms with Gasteiger partial charge in [0.2, 0.25) is 0 Å². The minimum Gasteiger partial charge on any atom is -0.353 e. The van der Waals surface area contributed by atoms with Crippen LogP contribution in [-0.2, 0) is 0 Å². The van der Waals surface area contributed by atoms with E-state index in [1.807, 2.05) is 24.3 Å². The van der Waals surface area contributed by atoms with Crippen LogP contribution in [0.25, 0.3) is 11.3 Å². The number of nitro groups is 1. The van der Waals surface area contributed by atoms with Crippen molar-refractivity contribution < 1.29 is 9.72 Å². The van der Waals surface area contributed by atoms with Gasteiger partial charge in [0, 0.05) is 49.6 Å². The van der Waals surface area contributed by atoms with Gasteiger partial charge >= 0.3 is 0 Å². The molecule has 10 heteroatoms. The van der Waals surface area contributed by atoms with E-state index in [1.165, 1.54) is 12.1 Å². The maximum absolute atomic E-state index is 12.5. The number of nitrogens with zero attached hydrogens (tertiary/aromatic N) is 5. The van der Waals surface area contributed by atoms with Gasteiger partial charge in [0.15, 0.2) is 5.82 Å². The summed E-state index contributed by atoms with van der Waals surface area (Å²) in [6.07, 6.45) is 0. The standard InChI is InChI=1S/C22H21ClN6O3/c1-27-10-12-28(13-11-27)21-9-8-20(25-26-21)15-2-4-16(5-3-15)24-22(30)18-7-6-17(29(31)32)14-19(18)23/h2-9,14H,10-13H2,1H3,(H,24,30). The molecule has 1 aromatic heterocycles. The minimum absolute atomic E-state index is 0.0176. The number of carbonyl (C=O) groups is 1. The van der Waals surface area contributed by atoms with Crippen molar-refractivity contribution >= 4 is 34.7 Å². The first-order valence-corrected chi connectivity index (χ1v) is 10.4. The molecule has 2 heterocycles. The lowest BCUT2D eigenvalue weighted by atomic mass is 10.1. The van der Waals surface area contributed by atoms with Gasteiger partial charge < -0.3 is 15.1 Å². The molecule has 1 amide bonds. The highest BCUT2D eigenvalue weighted by molar-refractivity contribution is 6.34. The number of non-ortho nitro benzene ring substituents is 1. The summed E-state index contributed by atoms with van der Waals surface area (Å²) in [6, 6.07) is 14.8. The number of halogens is 1. The minimum atomic E-state index is -0.563. The number of nitro benzene ring substituents is 1. The highest BCUT2D eigenvalue weighted by atomic mass is 35.5. The molecule has 0 atom stereocenters. The first-order chi connectivity index (χ1) is 15.4. The van der Waals surface area contributed by atoms with Crippen LogP contribution in [0, 0.1) is 10.1 Å². The maximum atomic E-state index is 12.5. The average molecular weight is 453 g/mol. The lowest BCUT2D eigenvalue weighted by Gasteiger charge is -2.32. The van der Waals surface area contributed by atoms with Gasteiger partial charge in [-0.05, 0) is 37.4 Å². The Hall–Kier alpha value is -3.56. The summed E-state index contributed by atoms with van der Waals surface area (Å²) in [4.78, 5) is 27.2. The first kappa shape index (κ1) is 21.7. The lowest BCUT2D eigenvalue weighted by molar-refractivity contribution is -0.384. The highest BCUT2D eigenvalue weighted by Gasteiger charge is 2.17. The van der Waals surface area contributed by atoms with E-state index in [9.17, 15) is 14.9 Å². The number of likely N-dealkylation sites (N-methyl/N-ethyl adjacent to an activating group) is 1. The molecule has 164 valence electrons. The van der Waals surface area contributed by atoms with Crippen LogP contribution in [0.5, 0.6) is 0 Å². The number of piperazine rings is 1. The number of nitrogens with one attached hydrogen (secondary N) is 1. The molecule has 1 saturated heterocycles. The Morgan fingerprint density at radius 2 is 1.75 bits per heavy atom. The van der Waals surface area contributed by atoms with Gasteiger partial charge in [0.25, 0.3) is 11.6 Å². The van der Waals surface area contributed by atoms with Crippen LogP contribution in [-0.4, -0.2) is 59.2 Å². The second kappa shape index (κ2) is 9.29. The first-order valence-electron chi connectivity index (χ1n) is 10.0. The number of hydrogen-bond acceptors (Lipinski definition) is 7. The van der Waals surface area contributed by atoms with Crippen molar-refractivity contribution in [2.45, 2.75) is 0 Å². The summed E-state index contributed by atoms with van der Waals surface area (Å²) in [5.74, 6) is 0.416. The average Bonchev–Trinajstić information content (AvgIpc) is 2.80. The zero-order chi connectivity index (χ0) is 22.7. The van der Waals surface area contributed by atoms with Crippen LogP contribution in [0.1, 0.15) is 10.4 Å². The van der Waals surface area contributed by atoms with Crippen LogP contribution in [0.3, 0.4) is 0 Å². The van der Waals surface area contributed by atoms with Crippen LogP contribution in [0.2, 0.25) is 5.02 Å². The summed E-state index contributed by atoms with van der Waals surface area (Å²) >= 11 is 6.03. The predicted octanol–water partition coefficient (Wildman–Crippen LogP) is 3.71. The van der Waals surface area contributed by atoms with Crippen LogP contribution in [0.15, 0.2) is 54.6 Å². The summed E-state index contributed by atoms with van der Waals surface area (Å²) in [7, 11) is 2.11. The molecule has 1 N–H and O–H groups in total. The maximum Gasteiger partial charge on any atom is 0.270 e. The molecule has 0 saturated carbocycles. The van der Waals surface area contributed by atoms with Gasteiger partial charge in [-0.3, -0.25) is 14.9 Å². The number of carbonyl (C=O) groups excluding carboxylic acids is 1. The molecule has 4 rings (SSSR count). The summed E-state index contributed by atoms with van der Waals surface area (Å²) in [5, 5.41) is 22.3. The normalized spacial score (nSPS) is 14.2. The third-order valence-corrected chi connectivity index (χ3v) is 5.64. The number of rotatable bonds is 5. The van der Waals surface area contributed by atoms with Crippen molar-refractivity contribution in [3.63, 3.8) is 0 Å². The number of anilines is 2. The molecule has 0 bridgehead atoms. The Morgan fingerprint density at radius 1 is 1.03 bits per heavy atom. The second-order valence-corrected chi connectivity index (χ2v) is 7.93. The summed E-state index contributed by atoms with van der Waals surface area (Å²) in [5.41, 5.74) is 2.16. The molecule has 1 fully saturated rings. The molecule has 0 aliphatic carbocycles. The predicted molar refractivity (Wildman–Crippen MR) is 123 cm³/mol. The van der Waals surface area contributed by atoms with Crippen LogP contribution < -0.4 is 10.2 Å². The number of benzene rings is 2. The fourth-order valence-corrected chi connectivity index (χ4v) is 3.67. The van der Waals surface area contributed by atoms with E-state index in [1.54, 1.807) is 12.1 Å². The molecule has 32 heavy (non-hydrogen) atoms. The number of aromatic nitrogens is 2. The van der Waals surface area contributed by atoms with E-state index in [4.69, 9.17) is 11.6 Å². The number of amides is 1. The fraction of sp³-hybridized carbons (Fsp3) is 0.227. The van der Waals surface area contributed by atoms with Crippen molar-refractivity contribution in [1.29, 1.82) is 0 Å². The Labute approximate surface area is 189 Å². The lowest BCUT2D eigenvalue weighted by Crippen LogP contribution is -2.44. The second-order valence-electron chi connectivity index (χ2n) is 7.52. The zero-order valence-electron chi connectivity index (χ0n) is 17.4. The fourth-order valence-electron chi connectivity index (χ4n) is 3.41. The van der Waals surface area contributed by atoms with E-state index in [2.05, 4.69) is 32.4 Å². The van der Waals surface area contributed by atoms with Crippen molar-refractivity contribution in [3.05, 3.63) is 75.3 Å². The van der Waals surface area contributed by atoms with E-state index >= 15 is 0 Å². The Bertz CT molecular complexity index is 1130. The Kier molecular flexibility index (Phi) is 6.29. The van der Waals surface area contributed by atoms with Crippen molar-refractivity contribution in [3.8, 4) is 11.3 Å². The van der Waals surface area contributed by atoms with Crippen molar-refractivity contribution in [2.24, 2.45) is 0 Å². The topological polar surface area (TPSA) is 104 Å².